The van der Waals surface area contributed by atoms with Crippen molar-refractivity contribution in [2.75, 3.05) is 39.2 Å². The highest BCUT2D eigenvalue weighted by molar-refractivity contribution is 5.76. The van der Waals surface area contributed by atoms with Gasteiger partial charge in [-0.25, -0.2) is 14.6 Å². The van der Waals surface area contributed by atoms with Crippen LogP contribution in [0.25, 0.3) is 0 Å². The van der Waals surface area contributed by atoms with Crippen LogP contribution in [0.5, 0.6) is 11.5 Å². The third kappa shape index (κ3) is 15.9. The quantitative estimate of drug-likeness (QED) is 0.0601. The molecule has 46 heavy (non-hydrogen) atoms. The van der Waals surface area contributed by atoms with Crippen LogP contribution in [0.1, 0.15) is 11.3 Å². The van der Waals surface area contributed by atoms with E-state index < -0.39 is 24.3 Å². The number of carbonyl (C=O) groups excluding carboxylic acids is 1. The lowest BCUT2D eigenvalue weighted by molar-refractivity contribution is -0.193. The highest BCUT2D eigenvalue weighted by Gasteiger charge is 2.38. The number of ether oxygens (including phenoxy) is 2. The molecule has 8 N–H and O–H groups in total. The van der Waals surface area contributed by atoms with Crippen molar-refractivity contribution in [1.82, 2.24) is 14.9 Å². The SMILES string of the molecule is COc1ccc(CCNc2ncc(C)n(CC(=O)NCCON=C(N)N)c2=O)cc1OC.O=C(O)C(F)(F)F.O=C(O)C(F)(F)F. The van der Waals surface area contributed by atoms with Crippen LogP contribution in [0.4, 0.5) is 32.2 Å². The Bertz CT molecular complexity index is 1370. The van der Waals surface area contributed by atoms with E-state index in [1.807, 2.05) is 18.2 Å². The number of amides is 1. The lowest BCUT2D eigenvalue weighted by atomic mass is 10.1. The number of oxime groups is 1. The molecule has 258 valence electrons. The van der Waals surface area contributed by atoms with Crippen molar-refractivity contribution in [3.05, 3.63) is 46.0 Å². The molecule has 0 saturated heterocycles. The van der Waals surface area contributed by atoms with Gasteiger partial charge >= 0.3 is 24.3 Å². The molecular formula is C24H31F6N7O9. The number of rotatable bonds is 12. The molecule has 2 rings (SSSR count). The molecule has 0 unspecified atom stereocenters. The van der Waals surface area contributed by atoms with Crippen molar-refractivity contribution in [3.63, 3.8) is 0 Å². The van der Waals surface area contributed by atoms with Crippen molar-refractivity contribution in [3.8, 4) is 11.5 Å². The summed E-state index contributed by atoms with van der Waals surface area (Å²) in [6.45, 7) is 2.30. The minimum Gasteiger partial charge on any atom is -0.493 e. The van der Waals surface area contributed by atoms with E-state index in [2.05, 4.69) is 20.8 Å². The lowest BCUT2D eigenvalue weighted by Crippen LogP contribution is -2.36. The highest BCUT2D eigenvalue weighted by atomic mass is 19.4. The number of anilines is 1. The van der Waals surface area contributed by atoms with Gasteiger partial charge < -0.3 is 46.6 Å². The molecule has 22 heteroatoms. The second kappa shape index (κ2) is 19.1. The van der Waals surface area contributed by atoms with Gasteiger partial charge in [0.2, 0.25) is 11.9 Å². The number of carboxylic acid groups (broad SMARTS) is 2. The zero-order valence-corrected chi connectivity index (χ0v) is 24.4. The number of nitrogens with zero attached hydrogens (tertiary/aromatic N) is 3. The summed E-state index contributed by atoms with van der Waals surface area (Å²) in [4.78, 5) is 51.7. The number of alkyl halides is 6. The van der Waals surface area contributed by atoms with Crippen molar-refractivity contribution < 1.29 is 65.3 Å². The van der Waals surface area contributed by atoms with Gasteiger partial charge in [0.1, 0.15) is 13.2 Å². The number of carbonyl (C=O) groups is 3. The van der Waals surface area contributed by atoms with E-state index in [9.17, 15) is 35.9 Å². The van der Waals surface area contributed by atoms with Crippen LogP contribution in [0, 0.1) is 6.92 Å². The lowest BCUT2D eigenvalue weighted by Gasteiger charge is -2.13. The zero-order valence-electron chi connectivity index (χ0n) is 24.4. The van der Waals surface area contributed by atoms with E-state index in [-0.39, 0.29) is 42.9 Å². The van der Waals surface area contributed by atoms with E-state index in [1.165, 1.54) is 10.8 Å². The Balaban J connectivity index is 0.00000120. The summed E-state index contributed by atoms with van der Waals surface area (Å²) in [5.74, 6) is -4.63. The van der Waals surface area contributed by atoms with Gasteiger partial charge in [-0.05, 0) is 36.2 Å². The molecule has 0 radical (unpaired) electrons. The third-order valence-electron chi connectivity index (χ3n) is 4.88. The summed E-state index contributed by atoms with van der Waals surface area (Å²) in [7, 11) is 3.15. The number of nitrogens with two attached hydrogens (primary N) is 2. The third-order valence-corrected chi connectivity index (χ3v) is 4.88. The molecule has 0 spiro atoms. The normalized spacial score (nSPS) is 10.5. The largest absolute Gasteiger partial charge is 0.493 e. The minimum atomic E-state index is -5.08. The molecule has 1 aromatic heterocycles. The molecular weight excluding hydrogens is 644 g/mol. The Kier molecular flexibility index (Phi) is 16.8. The molecule has 0 bridgehead atoms. The number of halogens is 6. The second-order valence-corrected chi connectivity index (χ2v) is 8.31. The summed E-state index contributed by atoms with van der Waals surface area (Å²) >= 11 is 0. The Labute approximate surface area is 255 Å². The molecule has 0 fully saturated rings. The number of nitrogens with one attached hydrogen (secondary N) is 2. The number of aryl methyl sites for hydroxylation is 1. The summed E-state index contributed by atoms with van der Waals surface area (Å²) < 4.78 is 75.4. The van der Waals surface area contributed by atoms with Crippen molar-refractivity contribution in [2.45, 2.75) is 32.2 Å². The number of hydrogen-bond donors (Lipinski definition) is 6. The van der Waals surface area contributed by atoms with Gasteiger partial charge in [-0.1, -0.05) is 6.07 Å². The molecule has 0 saturated carbocycles. The molecule has 0 aliphatic rings. The van der Waals surface area contributed by atoms with Gasteiger partial charge in [0.25, 0.3) is 5.56 Å². The summed E-state index contributed by atoms with van der Waals surface area (Å²) in [5.41, 5.74) is 11.4. The van der Waals surface area contributed by atoms with Crippen molar-refractivity contribution >= 4 is 29.6 Å². The molecule has 0 atom stereocenters. The molecule has 2 aromatic rings. The average Bonchev–Trinajstić information content (AvgIpc) is 2.95. The van der Waals surface area contributed by atoms with Gasteiger partial charge in [0.05, 0.1) is 20.8 Å². The van der Waals surface area contributed by atoms with E-state index in [4.69, 9.17) is 45.6 Å². The summed E-state index contributed by atoms with van der Waals surface area (Å²) in [5, 5.41) is 23.3. The first kappa shape index (κ1) is 40.6. The monoisotopic (exact) mass is 675 g/mol. The second-order valence-electron chi connectivity index (χ2n) is 8.31. The van der Waals surface area contributed by atoms with Gasteiger partial charge in [0, 0.05) is 18.4 Å². The van der Waals surface area contributed by atoms with Crippen LogP contribution in [-0.2, 0) is 32.2 Å². The Hall–Kier alpha value is -5.44. The molecule has 1 heterocycles. The molecule has 1 amide bonds. The first-order valence-electron chi connectivity index (χ1n) is 12.3. The number of methoxy groups -OCH3 is 2. The van der Waals surface area contributed by atoms with E-state index in [1.54, 1.807) is 21.1 Å². The highest BCUT2D eigenvalue weighted by Crippen LogP contribution is 2.27. The van der Waals surface area contributed by atoms with Crippen LogP contribution in [-0.4, -0.2) is 89.8 Å². The van der Waals surface area contributed by atoms with Crippen LogP contribution in [0.15, 0.2) is 34.3 Å². The van der Waals surface area contributed by atoms with Crippen LogP contribution in [0.2, 0.25) is 0 Å². The Morgan fingerprint density at radius 2 is 1.52 bits per heavy atom. The van der Waals surface area contributed by atoms with E-state index in [0.29, 0.717) is 30.2 Å². The van der Waals surface area contributed by atoms with Crippen LogP contribution < -0.4 is 37.1 Å². The summed E-state index contributed by atoms with van der Waals surface area (Å²) in [6.07, 6.45) is -8.00. The number of aromatic nitrogens is 2. The summed E-state index contributed by atoms with van der Waals surface area (Å²) in [6, 6.07) is 5.62. The average molecular weight is 676 g/mol. The Morgan fingerprint density at radius 3 is 2.00 bits per heavy atom. The number of guanidine groups is 1. The van der Waals surface area contributed by atoms with Gasteiger partial charge in [-0.3, -0.25) is 14.2 Å². The maximum atomic E-state index is 12.8. The topological polar surface area (TPSA) is 243 Å². The van der Waals surface area contributed by atoms with Gasteiger partial charge in [0.15, 0.2) is 17.3 Å². The standard InChI is InChI=1S/C20H29N7O5.2C2HF3O2/c1-13-11-25-18(24-7-6-14-4-5-15(30-2)16(10-14)31-3)19(29)27(13)12-17(28)23-8-9-32-26-20(21)22;2*3-2(4,5)1(6)7/h4-5,10-11H,6-9,12H2,1-3H3,(H,23,28)(H,24,25)(H4,21,22,26);2*(H,6,7). The maximum Gasteiger partial charge on any atom is 0.490 e. The number of aliphatic carboxylic acids is 2. The first-order chi connectivity index (χ1) is 21.2. The van der Waals surface area contributed by atoms with E-state index in [0.717, 1.165) is 5.56 Å². The molecule has 16 nitrogen and oxygen atoms in total. The predicted molar refractivity (Wildman–Crippen MR) is 147 cm³/mol. The van der Waals surface area contributed by atoms with Gasteiger partial charge in [-0.2, -0.15) is 26.3 Å². The van der Waals surface area contributed by atoms with Crippen LogP contribution in [0.3, 0.4) is 0 Å². The van der Waals surface area contributed by atoms with Crippen molar-refractivity contribution in [1.29, 1.82) is 0 Å². The van der Waals surface area contributed by atoms with E-state index >= 15 is 0 Å². The van der Waals surface area contributed by atoms with Gasteiger partial charge in [-0.15, -0.1) is 0 Å². The smallest absolute Gasteiger partial charge is 0.490 e. The number of hydrogen-bond acceptors (Lipinski definition) is 10. The predicted octanol–water partition coefficient (Wildman–Crippen LogP) is 0.811. The number of carboxylic acids is 2. The van der Waals surface area contributed by atoms with Crippen LogP contribution >= 0.6 is 0 Å². The first-order valence-corrected chi connectivity index (χ1v) is 12.3. The molecule has 1 aromatic carbocycles. The fourth-order valence-corrected chi connectivity index (χ4v) is 2.81. The number of benzene rings is 1. The Morgan fingerprint density at radius 1 is 0.978 bits per heavy atom. The minimum absolute atomic E-state index is 0.0941. The fraction of sp³-hybridized carbons (Fsp3) is 0.417. The zero-order chi connectivity index (χ0) is 35.7. The molecule has 0 aliphatic heterocycles. The van der Waals surface area contributed by atoms with Crippen molar-refractivity contribution in [2.24, 2.45) is 16.6 Å². The molecule has 0 aliphatic carbocycles. The maximum absolute atomic E-state index is 12.8. The fourth-order valence-electron chi connectivity index (χ4n) is 2.81.